The van der Waals surface area contributed by atoms with Gasteiger partial charge < -0.3 is 14.2 Å². The molecule has 9 heteroatoms. The summed E-state index contributed by atoms with van der Waals surface area (Å²) in [6, 6.07) is 12.3. The minimum Gasteiger partial charge on any atom is -0.493 e. The first-order valence-electron chi connectivity index (χ1n) is 9.33. The van der Waals surface area contributed by atoms with Crippen molar-refractivity contribution in [1.82, 2.24) is 10.9 Å². The van der Waals surface area contributed by atoms with Gasteiger partial charge in [-0.05, 0) is 54.5 Å². The number of methoxy groups -OCH3 is 2. The number of ether oxygens (including phenoxy) is 3. The van der Waals surface area contributed by atoms with Gasteiger partial charge >= 0.3 is 0 Å². The third kappa shape index (κ3) is 5.69. The molecule has 0 bridgehead atoms. The number of hydrogen-bond donors (Lipinski definition) is 2. The number of benzene rings is 2. The molecule has 3 rings (SSSR count). The summed E-state index contributed by atoms with van der Waals surface area (Å²) >= 11 is 0. The molecule has 0 saturated heterocycles. The third-order valence-electron chi connectivity index (χ3n) is 4.33. The predicted molar refractivity (Wildman–Crippen MR) is 116 cm³/mol. The lowest BCUT2D eigenvalue weighted by Gasteiger charge is -2.07. The molecule has 31 heavy (non-hydrogen) atoms. The van der Waals surface area contributed by atoms with Crippen LogP contribution in [0.4, 0.5) is 0 Å². The molecule has 1 aliphatic heterocycles. The molecule has 1 heterocycles. The molecule has 0 saturated carbocycles. The summed E-state index contributed by atoms with van der Waals surface area (Å²) < 4.78 is 15.9. The van der Waals surface area contributed by atoms with Crippen molar-refractivity contribution in [3.8, 4) is 17.2 Å². The zero-order chi connectivity index (χ0) is 22.2. The zero-order valence-corrected chi connectivity index (χ0v) is 17.3. The third-order valence-corrected chi connectivity index (χ3v) is 4.33. The van der Waals surface area contributed by atoms with Gasteiger partial charge in [0.1, 0.15) is 5.75 Å². The summed E-state index contributed by atoms with van der Waals surface area (Å²) in [5.41, 5.74) is 7.52. The first-order valence-corrected chi connectivity index (χ1v) is 9.33. The van der Waals surface area contributed by atoms with Crippen LogP contribution in [0.3, 0.4) is 0 Å². The van der Waals surface area contributed by atoms with Crippen LogP contribution in [0.2, 0.25) is 0 Å². The van der Waals surface area contributed by atoms with Gasteiger partial charge in [0.15, 0.2) is 18.1 Å². The van der Waals surface area contributed by atoms with Crippen LogP contribution in [-0.4, -0.2) is 44.6 Å². The molecular formula is C22H22N4O5. The average molecular weight is 422 g/mol. The fraction of sp³-hybridized carbons (Fsp3) is 0.182. The van der Waals surface area contributed by atoms with Crippen molar-refractivity contribution in [1.29, 1.82) is 0 Å². The summed E-state index contributed by atoms with van der Waals surface area (Å²) in [5.74, 6) is 1.05. The largest absolute Gasteiger partial charge is 0.493 e. The van der Waals surface area contributed by atoms with Crippen LogP contribution in [0.25, 0.3) is 6.08 Å². The zero-order valence-electron chi connectivity index (χ0n) is 17.3. The number of carbonyl (C=O) groups excluding carboxylic acids is 2. The molecule has 2 amide bonds. The minimum absolute atomic E-state index is 0.197. The Morgan fingerprint density at radius 2 is 1.81 bits per heavy atom. The summed E-state index contributed by atoms with van der Waals surface area (Å²) in [4.78, 5) is 23.6. The van der Waals surface area contributed by atoms with Gasteiger partial charge in [-0.25, -0.2) is 10.9 Å². The average Bonchev–Trinajstić information content (AvgIpc) is 3.10. The molecule has 2 aromatic carbocycles. The predicted octanol–water partition coefficient (Wildman–Crippen LogP) is 2.12. The second-order valence-electron chi connectivity index (χ2n) is 6.46. The summed E-state index contributed by atoms with van der Waals surface area (Å²) in [6.07, 6.45) is 3.23. The van der Waals surface area contributed by atoms with E-state index in [1.807, 2.05) is 0 Å². The van der Waals surface area contributed by atoms with Crippen molar-refractivity contribution in [2.24, 2.45) is 10.2 Å². The van der Waals surface area contributed by atoms with Crippen LogP contribution in [0.5, 0.6) is 17.2 Å². The van der Waals surface area contributed by atoms with E-state index in [9.17, 15) is 9.59 Å². The Bertz CT molecular complexity index is 1060. The normalized spacial score (nSPS) is 14.4. The van der Waals surface area contributed by atoms with E-state index in [1.54, 1.807) is 69.7 Å². The van der Waals surface area contributed by atoms with Crippen LogP contribution in [0, 0.1) is 0 Å². The maximum atomic E-state index is 11.9. The Kier molecular flexibility index (Phi) is 7.00. The van der Waals surface area contributed by atoms with Crippen LogP contribution in [0.15, 0.2) is 58.2 Å². The number of hydrazone groups is 2. The Morgan fingerprint density at radius 1 is 1.10 bits per heavy atom. The number of nitrogens with zero attached hydrogens (tertiary/aromatic N) is 2. The standard InChI is InChI=1S/C22H22N4O5/c1-14-18(22(28)26-24-14)10-15-4-7-17(8-5-15)31-13-21(27)25-23-12-16-6-9-19(29-2)20(11-16)30-3/h4-12H,13H2,1-3H3,(H,25,27)(H,26,28)/b18-10-,23-12+. The van der Waals surface area contributed by atoms with E-state index in [0.717, 1.165) is 11.1 Å². The van der Waals surface area contributed by atoms with Crippen LogP contribution < -0.4 is 25.1 Å². The van der Waals surface area contributed by atoms with Crippen molar-refractivity contribution in [3.63, 3.8) is 0 Å². The van der Waals surface area contributed by atoms with E-state index in [2.05, 4.69) is 21.1 Å². The smallest absolute Gasteiger partial charge is 0.277 e. The van der Waals surface area contributed by atoms with E-state index in [4.69, 9.17) is 14.2 Å². The molecule has 0 fully saturated rings. The van der Waals surface area contributed by atoms with Crippen molar-refractivity contribution in [3.05, 3.63) is 59.2 Å². The fourth-order valence-electron chi connectivity index (χ4n) is 2.71. The number of carbonyl (C=O) groups is 2. The molecule has 0 atom stereocenters. The van der Waals surface area contributed by atoms with Gasteiger partial charge in [0.05, 0.1) is 31.7 Å². The molecule has 0 radical (unpaired) electrons. The van der Waals surface area contributed by atoms with Crippen LogP contribution >= 0.6 is 0 Å². The topological polar surface area (TPSA) is 111 Å². The molecular weight excluding hydrogens is 400 g/mol. The highest BCUT2D eigenvalue weighted by Gasteiger charge is 2.18. The van der Waals surface area contributed by atoms with Crippen molar-refractivity contribution in [2.75, 3.05) is 20.8 Å². The van der Waals surface area contributed by atoms with Crippen molar-refractivity contribution >= 4 is 29.8 Å². The van der Waals surface area contributed by atoms with E-state index in [1.165, 1.54) is 6.21 Å². The Labute approximate surface area is 179 Å². The molecule has 0 unspecified atom stereocenters. The second-order valence-corrected chi connectivity index (χ2v) is 6.46. The quantitative estimate of drug-likeness (QED) is 0.385. The first kappa shape index (κ1) is 21.6. The highest BCUT2D eigenvalue weighted by atomic mass is 16.5. The van der Waals surface area contributed by atoms with Gasteiger partial charge in [0, 0.05) is 0 Å². The number of hydrogen-bond acceptors (Lipinski definition) is 7. The Hall–Kier alpha value is -4.14. The van der Waals surface area contributed by atoms with Crippen LogP contribution in [0.1, 0.15) is 18.1 Å². The molecule has 0 aromatic heterocycles. The molecule has 2 aromatic rings. The SMILES string of the molecule is COc1ccc(/C=N/NC(=O)COc2ccc(/C=C3\C(=O)NN=C3C)cc2)cc1OC. The van der Waals surface area contributed by atoms with Gasteiger partial charge in [-0.1, -0.05) is 12.1 Å². The maximum absolute atomic E-state index is 11.9. The summed E-state index contributed by atoms with van der Waals surface area (Å²) in [5, 5.41) is 7.79. The lowest BCUT2D eigenvalue weighted by Crippen LogP contribution is -2.24. The van der Waals surface area contributed by atoms with Gasteiger partial charge in [0.2, 0.25) is 0 Å². The van der Waals surface area contributed by atoms with Gasteiger partial charge in [-0.2, -0.15) is 10.2 Å². The Balaban J connectivity index is 1.50. The van der Waals surface area contributed by atoms with E-state index in [-0.39, 0.29) is 12.5 Å². The molecule has 1 aliphatic rings. The summed E-state index contributed by atoms with van der Waals surface area (Å²) in [6.45, 7) is 1.56. The molecule has 9 nitrogen and oxygen atoms in total. The maximum Gasteiger partial charge on any atom is 0.277 e. The van der Waals surface area contributed by atoms with Crippen molar-refractivity contribution < 1.29 is 23.8 Å². The number of amides is 2. The molecule has 160 valence electrons. The second kappa shape index (κ2) is 10.1. The van der Waals surface area contributed by atoms with Crippen molar-refractivity contribution in [2.45, 2.75) is 6.92 Å². The Morgan fingerprint density at radius 3 is 2.45 bits per heavy atom. The molecule has 0 aliphatic carbocycles. The van der Waals surface area contributed by atoms with Gasteiger partial charge in [-0.3, -0.25) is 9.59 Å². The summed E-state index contributed by atoms with van der Waals surface area (Å²) in [7, 11) is 3.10. The van der Waals surface area contributed by atoms with E-state index in [0.29, 0.717) is 28.5 Å². The van der Waals surface area contributed by atoms with E-state index < -0.39 is 5.91 Å². The lowest BCUT2D eigenvalue weighted by atomic mass is 10.1. The first-order chi connectivity index (χ1) is 15.0. The fourth-order valence-corrected chi connectivity index (χ4v) is 2.71. The lowest BCUT2D eigenvalue weighted by molar-refractivity contribution is -0.123. The number of rotatable bonds is 8. The van der Waals surface area contributed by atoms with Crippen LogP contribution in [-0.2, 0) is 9.59 Å². The van der Waals surface area contributed by atoms with Gasteiger partial charge in [-0.15, -0.1) is 0 Å². The van der Waals surface area contributed by atoms with E-state index >= 15 is 0 Å². The minimum atomic E-state index is -0.405. The van der Waals surface area contributed by atoms with Gasteiger partial charge in [0.25, 0.3) is 11.8 Å². The highest BCUT2D eigenvalue weighted by Crippen LogP contribution is 2.26. The monoisotopic (exact) mass is 422 g/mol. The number of nitrogens with one attached hydrogen (secondary N) is 2. The molecule has 0 spiro atoms. The molecule has 2 N–H and O–H groups in total. The highest BCUT2D eigenvalue weighted by molar-refractivity contribution is 6.26.